The molecule has 2 rings (SSSR count). The second-order valence-electron chi connectivity index (χ2n) is 3.93. The van der Waals surface area contributed by atoms with Gasteiger partial charge in [-0.3, -0.25) is 0 Å². The molecule has 19 heavy (non-hydrogen) atoms. The summed E-state index contributed by atoms with van der Waals surface area (Å²) in [6.07, 6.45) is 1.53. The Bertz CT molecular complexity index is 542. The lowest BCUT2D eigenvalue weighted by atomic mass is 10.4. The molecule has 4 nitrogen and oxygen atoms in total. The van der Waals surface area contributed by atoms with E-state index in [0.717, 1.165) is 4.88 Å². The Labute approximate surface area is 121 Å². The molecule has 0 aliphatic rings. The molecule has 2 aromatic heterocycles. The number of hydrogen-bond acceptors (Lipinski definition) is 4. The van der Waals surface area contributed by atoms with Gasteiger partial charge in [0, 0.05) is 17.3 Å². The first-order valence-corrected chi connectivity index (χ1v) is 8.73. The normalized spacial score (nSPS) is 12.1. The number of thiophene rings is 1. The van der Waals surface area contributed by atoms with Crippen LogP contribution in [0.3, 0.4) is 0 Å². The van der Waals surface area contributed by atoms with Crippen molar-refractivity contribution in [2.45, 2.75) is 13.1 Å². The molecule has 7 heteroatoms. The fourth-order valence-corrected chi connectivity index (χ4v) is 4.13. The first kappa shape index (κ1) is 14.6. The number of alkyl halides is 1. The van der Waals surface area contributed by atoms with Crippen molar-refractivity contribution < 1.29 is 12.8 Å². The van der Waals surface area contributed by atoms with Crippen LogP contribution in [-0.2, 0) is 23.1 Å². The average Bonchev–Trinajstić information content (AvgIpc) is 3.00. The van der Waals surface area contributed by atoms with Gasteiger partial charge in [0.15, 0.2) is 0 Å². The maximum Gasteiger partial charge on any atom is 0.216 e. The van der Waals surface area contributed by atoms with Crippen molar-refractivity contribution in [3.63, 3.8) is 0 Å². The molecule has 0 bridgehead atoms. The van der Waals surface area contributed by atoms with Gasteiger partial charge in [0.2, 0.25) is 10.0 Å². The van der Waals surface area contributed by atoms with Gasteiger partial charge in [0.1, 0.15) is 5.76 Å². The van der Waals surface area contributed by atoms with Gasteiger partial charge in [-0.25, -0.2) is 8.42 Å². The molecule has 0 aliphatic heterocycles. The fraction of sp³-hybridized carbons (Fsp3) is 0.333. The molecular formula is C12H14ClNO3S2. The third-order valence-corrected chi connectivity index (χ3v) is 5.59. The largest absolute Gasteiger partial charge is 0.468 e. The van der Waals surface area contributed by atoms with Crippen LogP contribution < -0.4 is 0 Å². The Hall–Kier alpha value is -0.820. The quantitative estimate of drug-likeness (QED) is 0.737. The van der Waals surface area contributed by atoms with Crippen molar-refractivity contribution >= 4 is 33.0 Å². The average molecular weight is 320 g/mol. The molecule has 0 atom stereocenters. The lowest BCUT2D eigenvalue weighted by Crippen LogP contribution is -2.32. The van der Waals surface area contributed by atoms with Crippen LogP contribution >= 0.6 is 22.9 Å². The van der Waals surface area contributed by atoms with E-state index in [4.69, 9.17) is 16.0 Å². The van der Waals surface area contributed by atoms with Crippen molar-refractivity contribution in [2.24, 2.45) is 0 Å². The number of halogens is 1. The molecule has 0 saturated carbocycles. The van der Waals surface area contributed by atoms with Crippen LogP contribution in [0.2, 0.25) is 0 Å². The summed E-state index contributed by atoms with van der Waals surface area (Å²) < 4.78 is 31.0. The van der Waals surface area contributed by atoms with Crippen molar-refractivity contribution in [3.05, 3.63) is 46.5 Å². The predicted octanol–water partition coefficient (Wildman–Crippen LogP) is 2.91. The van der Waals surface area contributed by atoms with Gasteiger partial charge >= 0.3 is 0 Å². The van der Waals surface area contributed by atoms with Crippen LogP contribution in [0.1, 0.15) is 10.6 Å². The fourth-order valence-electron chi connectivity index (χ4n) is 1.63. The summed E-state index contributed by atoms with van der Waals surface area (Å²) in [6.45, 7) is 0.571. The number of nitrogens with zero attached hydrogens (tertiary/aromatic N) is 1. The highest BCUT2D eigenvalue weighted by Gasteiger charge is 2.23. The van der Waals surface area contributed by atoms with E-state index in [2.05, 4.69) is 0 Å². The topological polar surface area (TPSA) is 50.5 Å². The molecule has 0 spiro atoms. The van der Waals surface area contributed by atoms with E-state index in [1.807, 2.05) is 17.5 Å². The highest BCUT2D eigenvalue weighted by molar-refractivity contribution is 7.89. The second-order valence-corrected chi connectivity index (χ2v) is 7.43. The molecule has 0 amide bonds. The lowest BCUT2D eigenvalue weighted by molar-refractivity contribution is 0.361. The summed E-state index contributed by atoms with van der Waals surface area (Å²) >= 11 is 7.10. The zero-order chi connectivity index (χ0) is 13.7. The molecule has 0 radical (unpaired) electrons. The first-order valence-electron chi connectivity index (χ1n) is 5.70. The van der Waals surface area contributed by atoms with Gasteiger partial charge in [-0.1, -0.05) is 6.07 Å². The predicted molar refractivity (Wildman–Crippen MR) is 76.8 cm³/mol. The molecule has 2 aromatic rings. The van der Waals surface area contributed by atoms with Crippen LogP contribution in [0.4, 0.5) is 0 Å². The molecule has 0 N–H and O–H groups in total. The molecule has 0 aliphatic carbocycles. The van der Waals surface area contributed by atoms with Gasteiger partial charge in [-0.15, -0.1) is 22.9 Å². The third-order valence-electron chi connectivity index (χ3n) is 2.55. The molecule has 0 aromatic carbocycles. The standard InChI is InChI=1S/C12H14ClNO3S2/c13-5-8-19(15,16)14(9-11-3-1-6-17-11)10-12-4-2-7-18-12/h1-4,6-7H,5,8-10H2. The highest BCUT2D eigenvalue weighted by atomic mass is 35.5. The molecular weight excluding hydrogens is 306 g/mol. The van der Waals surface area contributed by atoms with E-state index in [9.17, 15) is 8.42 Å². The van der Waals surface area contributed by atoms with Gasteiger partial charge in [-0.05, 0) is 23.6 Å². The number of sulfonamides is 1. The van der Waals surface area contributed by atoms with E-state index < -0.39 is 10.0 Å². The smallest absolute Gasteiger partial charge is 0.216 e. The zero-order valence-corrected chi connectivity index (χ0v) is 12.5. The minimum Gasteiger partial charge on any atom is -0.468 e. The molecule has 104 valence electrons. The Kier molecular flexibility index (Phi) is 5.04. The molecule has 0 unspecified atom stereocenters. The van der Waals surface area contributed by atoms with Crippen molar-refractivity contribution in [1.82, 2.24) is 4.31 Å². The SMILES string of the molecule is O=S(=O)(CCCl)N(Cc1ccco1)Cc1cccs1. The molecule has 0 saturated heterocycles. The van der Waals surface area contributed by atoms with E-state index in [1.165, 1.54) is 21.9 Å². The summed E-state index contributed by atoms with van der Waals surface area (Å²) in [5.41, 5.74) is 0. The maximum atomic E-state index is 12.2. The Morgan fingerprint density at radius 2 is 2.11 bits per heavy atom. The summed E-state index contributed by atoms with van der Waals surface area (Å²) in [5.74, 6) is 0.636. The summed E-state index contributed by atoms with van der Waals surface area (Å²) in [4.78, 5) is 0.990. The van der Waals surface area contributed by atoms with Crippen LogP contribution in [-0.4, -0.2) is 24.4 Å². The van der Waals surface area contributed by atoms with Crippen molar-refractivity contribution in [1.29, 1.82) is 0 Å². The number of rotatable bonds is 7. The van der Waals surface area contributed by atoms with Crippen molar-refractivity contribution in [2.75, 3.05) is 11.6 Å². The Morgan fingerprint density at radius 1 is 1.26 bits per heavy atom. The summed E-state index contributed by atoms with van der Waals surface area (Å²) in [5, 5.41) is 1.93. The third kappa shape index (κ3) is 4.07. The van der Waals surface area contributed by atoms with E-state index in [-0.39, 0.29) is 18.2 Å². The zero-order valence-electron chi connectivity index (χ0n) is 10.2. The van der Waals surface area contributed by atoms with E-state index in [1.54, 1.807) is 12.1 Å². The van der Waals surface area contributed by atoms with Crippen LogP contribution in [0.15, 0.2) is 40.3 Å². The monoisotopic (exact) mass is 319 g/mol. The van der Waals surface area contributed by atoms with E-state index in [0.29, 0.717) is 12.3 Å². The van der Waals surface area contributed by atoms with Crippen LogP contribution in [0, 0.1) is 0 Å². The first-order chi connectivity index (χ1) is 9.12. The Balaban J connectivity index is 2.17. The Morgan fingerprint density at radius 3 is 2.68 bits per heavy atom. The van der Waals surface area contributed by atoms with Gasteiger partial charge in [0.25, 0.3) is 0 Å². The number of furan rings is 1. The highest BCUT2D eigenvalue weighted by Crippen LogP contribution is 2.18. The summed E-state index contributed by atoms with van der Waals surface area (Å²) in [6, 6.07) is 7.32. The van der Waals surface area contributed by atoms with Crippen LogP contribution in [0.5, 0.6) is 0 Å². The van der Waals surface area contributed by atoms with Gasteiger partial charge < -0.3 is 4.42 Å². The maximum absolute atomic E-state index is 12.2. The lowest BCUT2D eigenvalue weighted by Gasteiger charge is -2.20. The number of hydrogen-bond donors (Lipinski definition) is 0. The summed E-state index contributed by atoms with van der Waals surface area (Å²) in [7, 11) is -3.38. The van der Waals surface area contributed by atoms with Gasteiger partial charge in [-0.2, -0.15) is 4.31 Å². The minimum atomic E-state index is -3.38. The van der Waals surface area contributed by atoms with Gasteiger partial charge in [0.05, 0.1) is 18.6 Å². The second kappa shape index (κ2) is 6.56. The minimum absolute atomic E-state index is 0.0688. The van der Waals surface area contributed by atoms with E-state index >= 15 is 0 Å². The van der Waals surface area contributed by atoms with Crippen molar-refractivity contribution in [3.8, 4) is 0 Å². The van der Waals surface area contributed by atoms with Crippen LogP contribution in [0.25, 0.3) is 0 Å². The molecule has 0 fully saturated rings. The molecule has 2 heterocycles.